The topological polar surface area (TPSA) is 59.0 Å². The molecule has 0 atom stereocenters. The lowest BCUT2D eigenvalue weighted by molar-refractivity contribution is 0.590. The lowest BCUT2D eigenvalue weighted by Gasteiger charge is -2.45. The summed E-state index contributed by atoms with van der Waals surface area (Å²) in [6.45, 7) is 16.1. The molecule has 78 heavy (non-hydrogen) atoms. The van der Waals surface area contributed by atoms with Gasteiger partial charge >= 0.3 is 0 Å². The Hall–Kier alpha value is -9.20. The molecule has 0 unspecified atom stereocenters. The highest BCUT2D eigenvalue weighted by Crippen LogP contribution is 2.50. The largest absolute Gasteiger partial charge is 0.464 e. The van der Waals surface area contributed by atoms with Gasteiger partial charge in [0.05, 0.1) is 25.1 Å². The molecule has 13 aromatic rings. The standard InChI is InChI=1S/C71H55BN2O4/c1-42-28-63-69-64(29-42)74(50-34-45(57-40-77-67-22-14-10-18-53(57)67)31-46(35-50)58-41-78-68-23-15-11-19-54(58)68)62-27-25-48(71(5,6)7)37-60(62)72(69)59-36-47(70(2,3)4)24-26-61(59)73(63)49-32-43(55-38-75-65-20-12-8-16-51(55)65)30-44(33-49)56-39-76-66-21-13-9-17-52(56)66/h8-41H,1-7H3. The second kappa shape index (κ2) is 16.9. The summed E-state index contributed by atoms with van der Waals surface area (Å²) in [5.41, 5.74) is 25.7. The molecular formula is C71H55BN2O4. The van der Waals surface area contributed by atoms with E-state index in [2.05, 4.69) is 192 Å². The summed E-state index contributed by atoms with van der Waals surface area (Å²) in [5, 5.41) is 4.26. The van der Waals surface area contributed by atoms with Gasteiger partial charge in [-0.05, 0) is 158 Å². The quantitative estimate of drug-likeness (QED) is 0.155. The number of anilines is 6. The molecule has 0 amide bonds. The molecule has 7 heteroatoms. The van der Waals surface area contributed by atoms with Crippen LogP contribution in [0.2, 0.25) is 0 Å². The van der Waals surface area contributed by atoms with E-state index < -0.39 is 0 Å². The highest BCUT2D eigenvalue weighted by atomic mass is 16.3. The van der Waals surface area contributed by atoms with Gasteiger partial charge in [0.15, 0.2) is 0 Å². The number of hydrogen-bond acceptors (Lipinski definition) is 6. The maximum Gasteiger partial charge on any atom is 0.252 e. The van der Waals surface area contributed by atoms with Crippen molar-refractivity contribution in [3.05, 3.63) is 224 Å². The first kappa shape index (κ1) is 46.1. The van der Waals surface area contributed by atoms with Gasteiger partial charge in [-0.15, -0.1) is 0 Å². The van der Waals surface area contributed by atoms with E-state index in [1.807, 2.05) is 73.6 Å². The van der Waals surface area contributed by atoms with E-state index in [4.69, 9.17) is 17.7 Å². The van der Waals surface area contributed by atoms with Crippen LogP contribution in [0, 0.1) is 6.92 Å². The zero-order valence-corrected chi connectivity index (χ0v) is 44.7. The average Bonchev–Trinajstić information content (AvgIpc) is 4.29. The van der Waals surface area contributed by atoms with Gasteiger partial charge in [-0.2, -0.15) is 0 Å². The maximum atomic E-state index is 6.29. The lowest BCUT2D eigenvalue weighted by Crippen LogP contribution is -2.61. The highest BCUT2D eigenvalue weighted by molar-refractivity contribution is 7.00. The van der Waals surface area contributed by atoms with Gasteiger partial charge in [0.1, 0.15) is 22.3 Å². The molecule has 0 fully saturated rings. The van der Waals surface area contributed by atoms with Gasteiger partial charge < -0.3 is 27.5 Å². The monoisotopic (exact) mass is 1010 g/mol. The van der Waals surface area contributed by atoms with Gasteiger partial charge in [0.25, 0.3) is 6.71 Å². The number of benzene rings is 9. The molecule has 0 N–H and O–H groups in total. The molecule has 6 nitrogen and oxygen atoms in total. The number of para-hydroxylation sites is 4. The predicted octanol–water partition coefficient (Wildman–Crippen LogP) is 18.3. The Bertz CT molecular complexity index is 4120. The molecule has 9 aromatic carbocycles. The second-order valence-corrected chi connectivity index (χ2v) is 23.5. The van der Waals surface area contributed by atoms with Crippen molar-refractivity contribution in [1.82, 2.24) is 0 Å². The Balaban J connectivity index is 1.04. The van der Waals surface area contributed by atoms with Crippen LogP contribution in [-0.2, 0) is 10.8 Å². The first-order chi connectivity index (χ1) is 37.8. The third-order valence-electron chi connectivity index (χ3n) is 16.5. The van der Waals surface area contributed by atoms with Gasteiger partial charge in [0, 0.05) is 77.9 Å². The minimum absolute atomic E-state index is 0.103. The van der Waals surface area contributed by atoms with E-state index in [0.717, 1.165) is 128 Å². The normalized spacial score (nSPS) is 13.2. The Morgan fingerprint density at radius 1 is 0.346 bits per heavy atom. The van der Waals surface area contributed by atoms with Crippen molar-refractivity contribution in [2.75, 3.05) is 9.80 Å². The van der Waals surface area contributed by atoms with Gasteiger partial charge in [0.2, 0.25) is 0 Å². The first-order valence-electron chi connectivity index (χ1n) is 27.0. The van der Waals surface area contributed by atoms with Crippen LogP contribution in [0.4, 0.5) is 34.1 Å². The molecule has 0 bridgehead atoms. The molecule has 0 saturated carbocycles. The summed E-state index contributed by atoms with van der Waals surface area (Å²) in [5.74, 6) is 0. The SMILES string of the molecule is Cc1cc2c3c(c1)N(c1cc(-c4coc5ccccc45)cc(-c4coc5ccccc45)c1)c1ccc(C(C)(C)C)cc1B3c1cc(C(C)(C)C)ccc1N2c1cc(-c2coc3ccccc23)cc(-c2coc3ccccc23)c1. The minimum atomic E-state index is -0.115. The van der Waals surface area contributed by atoms with Crippen molar-refractivity contribution >= 4 is 101 Å². The number of fused-ring (bicyclic) bond motifs is 8. The summed E-state index contributed by atoms with van der Waals surface area (Å²) in [7, 11) is 0. The molecule has 0 saturated heterocycles. The summed E-state index contributed by atoms with van der Waals surface area (Å²) in [4.78, 5) is 5.07. The molecule has 4 aromatic heterocycles. The van der Waals surface area contributed by atoms with E-state index in [9.17, 15) is 0 Å². The Morgan fingerprint density at radius 2 is 0.667 bits per heavy atom. The zero-order chi connectivity index (χ0) is 52.8. The molecule has 2 aliphatic rings. The lowest BCUT2D eigenvalue weighted by atomic mass is 9.33. The van der Waals surface area contributed by atoms with Crippen molar-refractivity contribution in [2.45, 2.75) is 59.3 Å². The third-order valence-corrected chi connectivity index (χ3v) is 16.5. The van der Waals surface area contributed by atoms with E-state index in [-0.39, 0.29) is 17.5 Å². The maximum absolute atomic E-state index is 6.29. The fraction of sp³-hybridized carbons (Fsp3) is 0.127. The van der Waals surface area contributed by atoms with Crippen LogP contribution in [0.15, 0.2) is 225 Å². The van der Waals surface area contributed by atoms with Crippen molar-refractivity contribution in [3.63, 3.8) is 0 Å². The Kier molecular flexibility index (Phi) is 10.00. The number of hydrogen-bond donors (Lipinski definition) is 0. The number of rotatable bonds is 6. The smallest absolute Gasteiger partial charge is 0.252 e. The average molecular weight is 1010 g/mol. The van der Waals surface area contributed by atoms with Crippen molar-refractivity contribution in [1.29, 1.82) is 0 Å². The predicted molar refractivity (Wildman–Crippen MR) is 323 cm³/mol. The molecule has 0 radical (unpaired) electrons. The zero-order valence-electron chi connectivity index (χ0n) is 44.7. The third kappa shape index (κ3) is 7.17. The fourth-order valence-electron chi connectivity index (χ4n) is 12.5. The van der Waals surface area contributed by atoms with Crippen molar-refractivity contribution < 1.29 is 17.7 Å². The fourth-order valence-corrected chi connectivity index (χ4v) is 12.5. The van der Waals surface area contributed by atoms with Gasteiger partial charge in [-0.3, -0.25) is 0 Å². The number of furan rings is 4. The van der Waals surface area contributed by atoms with Gasteiger partial charge in [-0.25, -0.2) is 0 Å². The molecule has 15 rings (SSSR count). The van der Waals surface area contributed by atoms with Crippen molar-refractivity contribution in [2.24, 2.45) is 0 Å². The summed E-state index contributed by atoms with van der Waals surface area (Å²) in [6, 6.07) is 66.6. The van der Waals surface area contributed by atoms with Crippen LogP contribution < -0.4 is 26.2 Å². The van der Waals surface area contributed by atoms with Crippen LogP contribution >= 0.6 is 0 Å². The molecular weight excluding hydrogens is 956 g/mol. The van der Waals surface area contributed by atoms with E-state index in [1.54, 1.807) is 0 Å². The van der Waals surface area contributed by atoms with Crippen LogP contribution in [0.1, 0.15) is 58.2 Å². The molecule has 0 spiro atoms. The molecule has 2 aliphatic heterocycles. The molecule has 6 heterocycles. The van der Waals surface area contributed by atoms with Crippen LogP contribution in [0.3, 0.4) is 0 Å². The summed E-state index contributed by atoms with van der Waals surface area (Å²) < 4.78 is 25.2. The highest BCUT2D eigenvalue weighted by Gasteiger charge is 2.45. The number of aryl methyl sites for hydroxylation is 1. The second-order valence-electron chi connectivity index (χ2n) is 23.5. The van der Waals surface area contributed by atoms with E-state index in [0.29, 0.717) is 0 Å². The first-order valence-corrected chi connectivity index (χ1v) is 27.0. The number of nitrogens with zero attached hydrogens (tertiary/aromatic N) is 2. The summed E-state index contributed by atoms with van der Waals surface area (Å²) in [6.07, 6.45) is 7.64. The van der Waals surface area contributed by atoms with E-state index in [1.165, 1.54) is 27.5 Å². The summed E-state index contributed by atoms with van der Waals surface area (Å²) >= 11 is 0. The Labute approximate surface area is 453 Å². The van der Waals surface area contributed by atoms with Crippen LogP contribution in [-0.4, -0.2) is 6.71 Å². The van der Waals surface area contributed by atoms with Crippen LogP contribution in [0.25, 0.3) is 88.4 Å². The van der Waals surface area contributed by atoms with E-state index >= 15 is 0 Å². The minimum Gasteiger partial charge on any atom is -0.464 e. The Morgan fingerprint density at radius 3 is 0.987 bits per heavy atom. The van der Waals surface area contributed by atoms with Gasteiger partial charge in [-0.1, -0.05) is 139 Å². The van der Waals surface area contributed by atoms with Crippen LogP contribution in [0.5, 0.6) is 0 Å². The molecule has 376 valence electrons. The van der Waals surface area contributed by atoms with Crippen molar-refractivity contribution in [3.8, 4) is 44.5 Å². The molecule has 0 aliphatic carbocycles.